The average molecular weight is 216 g/mol. The maximum absolute atomic E-state index is 11.7. The number of aliphatic carboxylic acids is 1. The van der Waals surface area contributed by atoms with Crippen molar-refractivity contribution in [3.05, 3.63) is 36.0 Å². The third-order valence-corrected chi connectivity index (χ3v) is 2.45. The predicted octanol–water partition coefficient (Wildman–Crippen LogP) is 0.881. The fourth-order valence-electron chi connectivity index (χ4n) is 1.65. The van der Waals surface area contributed by atoms with E-state index in [0.717, 1.165) is 10.9 Å². The van der Waals surface area contributed by atoms with Gasteiger partial charge in [-0.3, -0.25) is 4.79 Å². The van der Waals surface area contributed by atoms with Crippen molar-refractivity contribution in [1.82, 2.24) is 4.98 Å². The van der Waals surface area contributed by atoms with E-state index in [1.807, 2.05) is 24.3 Å². The van der Waals surface area contributed by atoms with E-state index in [9.17, 15) is 14.7 Å². The van der Waals surface area contributed by atoms with Crippen LogP contribution in [0.4, 0.5) is 0 Å². The van der Waals surface area contributed by atoms with E-state index in [0.29, 0.717) is 5.56 Å². The Morgan fingerprint density at radius 1 is 1.19 bits per heavy atom. The molecule has 2 aromatic rings. The van der Waals surface area contributed by atoms with Crippen LogP contribution < -0.4 is 5.11 Å². The number of carboxylic acid groups (broad SMARTS) is 1. The van der Waals surface area contributed by atoms with E-state index in [4.69, 9.17) is 0 Å². The second-order valence-electron chi connectivity index (χ2n) is 3.54. The lowest BCUT2D eigenvalue weighted by atomic mass is 10.1. The minimum absolute atomic E-state index is 0.0236. The van der Waals surface area contributed by atoms with Gasteiger partial charge in [-0.05, 0) is 12.5 Å². The molecule has 0 bridgehead atoms. The van der Waals surface area contributed by atoms with Crippen LogP contribution in [0.3, 0.4) is 0 Å². The van der Waals surface area contributed by atoms with Crippen LogP contribution in [0.5, 0.6) is 0 Å². The summed E-state index contributed by atoms with van der Waals surface area (Å²) in [6.45, 7) is 0. The van der Waals surface area contributed by atoms with Gasteiger partial charge in [-0.15, -0.1) is 0 Å². The van der Waals surface area contributed by atoms with Crippen LogP contribution in [0.15, 0.2) is 30.5 Å². The molecule has 0 saturated heterocycles. The molecule has 0 saturated carbocycles. The van der Waals surface area contributed by atoms with E-state index in [-0.39, 0.29) is 18.6 Å². The highest BCUT2D eigenvalue weighted by molar-refractivity contribution is 6.08. The van der Waals surface area contributed by atoms with Gasteiger partial charge in [-0.25, -0.2) is 0 Å². The van der Waals surface area contributed by atoms with Crippen LogP contribution >= 0.6 is 0 Å². The van der Waals surface area contributed by atoms with Crippen molar-refractivity contribution in [2.75, 3.05) is 0 Å². The Balaban J connectivity index is 2.26. The van der Waals surface area contributed by atoms with Crippen molar-refractivity contribution in [3.63, 3.8) is 0 Å². The first-order chi connectivity index (χ1) is 7.68. The zero-order valence-electron chi connectivity index (χ0n) is 8.53. The molecule has 4 nitrogen and oxygen atoms in total. The van der Waals surface area contributed by atoms with Gasteiger partial charge in [-0.1, -0.05) is 18.2 Å². The predicted molar refractivity (Wildman–Crippen MR) is 56.9 cm³/mol. The van der Waals surface area contributed by atoms with E-state index in [1.54, 1.807) is 6.20 Å². The van der Waals surface area contributed by atoms with Gasteiger partial charge >= 0.3 is 0 Å². The molecule has 0 aliphatic heterocycles. The highest BCUT2D eigenvalue weighted by Gasteiger charge is 2.10. The number of nitrogens with one attached hydrogen (secondary N) is 1. The lowest BCUT2D eigenvalue weighted by Crippen LogP contribution is -2.22. The minimum atomic E-state index is -1.20. The first-order valence-electron chi connectivity index (χ1n) is 4.97. The first kappa shape index (κ1) is 10.4. The smallest absolute Gasteiger partial charge is 0.165 e. The van der Waals surface area contributed by atoms with Crippen molar-refractivity contribution in [2.24, 2.45) is 0 Å². The molecular formula is C12H10NO3-. The Kier molecular flexibility index (Phi) is 2.72. The number of para-hydroxylation sites is 1. The average Bonchev–Trinajstić information content (AvgIpc) is 2.69. The number of carboxylic acids is 1. The molecule has 0 fully saturated rings. The molecule has 0 aliphatic carbocycles. The van der Waals surface area contributed by atoms with Gasteiger partial charge < -0.3 is 14.9 Å². The Morgan fingerprint density at radius 2 is 1.94 bits per heavy atom. The zero-order chi connectivity index (χ0) is 11.5. The lowest BCUT2D eigenvalue weighted by Gasteiger charge is -2.00. The van der Waals surface area contributed by atoms with Gasteiger partial charge in [0.2, 0.25) is 0 Å². The molecule has 1 aromatic carbocycles. The summed E-state index contributed by atoms with van der Waals surface area (Å²) >= 11 is 0. The van der Waals surface area contributed by atoms with Crippen molar-refractivity contribution >= 4 is 22.7 Å². The zero-order valence-corrected chi connectivity index (χ0v) is 8.53. The molecule has 0 spiro atoms. The van der Waals surface area contributed by atoms with Gasteiger partial charge in [-0.2, -0.15) is 0 Å². The second kappa shape index (κ2) is 4.18. The van der Waals surface area contributed by atoms with Crippen molar-refractivity contribution in [2.45, 2.75) is 12.8 Å². The summed E-state index contributed by atoms with van der Waals surface area (Å²) < 4.78 is 0. The summed E-state index contributed by atoms with van der Waals surface area (Å²) in [7, 11) is 0. The highest BCUT2D eigenvalue weighted by Crippen LogP contribution is 2.19. The maximum Gasteiger partial charge on any atom is 0.165 e. The standard InChI is InChI=1S/C12H11NO3/c14-11(5-6-12(15)16)9-7-13-10-4-2-1-3-8(9)10/h1-4,7,13H,5-6H2,(H,15,16)/p-1. The monoisotopic (exact) mass is 216 g/mol. The summed E-state index contributed by atoms with van der Waals surface area (Å²) in [6.07, 6.45) is 1.35. The number of hydrogen-bond acceptors (Lipinski definition) is 3. The number of H-pyrrole nitrogens is 1. The molecule has 0 atom stereocenters. The van der Waals surface area contributed by atoms with Crippen LogP contribution in [0.1, 0.15) is 23.2 Å². The van der Waals surface area contributed by atoms with Gasteiger partial charge in [0.1, 0.15) is 0 Å². The third-order valence-electron chi connectivity index (χ3n) is 2.45. The number of ketones is 1. The number of fused-ring (bicyclic) bond motifs is 1. The molecule has 1 N–H and O–H groups in total. The summed E-state index contributed by atoms with van der Waals surface area (Å²) in [5, 5.41) is 11.1. The third kappa shape index (κ3) is 1.95. The maximum atomic E-state index is 11.7. The first-order valence-corrected chi connectivity index (χ1v) is 4.97. The lowest BCUT2D eigenvalue weighted by molar-refractivity contribution is -0.305. The van der Waals surface area contributed by atoms with Gasteiger partial charge in [0, 0.05) is 35.1 Å². The fourth-order valence-corrected chi connectivity index (χ4v) is 1.65. The number of aromatic amines is 1. The van der Waals surface area contributed by atoms with E-state index in [2.05, 4.69) is 4.98 Å². The Morgan fingerprint density at radius 3 is 2.69 bits per heavy atom. The van der Waals surface area contributed by atoms with Gasteiger partial charge in [0.15, 0.2) is 5.78 Å². The Labute approximate surface area is 91.9 Å². The summed E-state index contributed by atoms with van der Waals surface area (Å²) in [4.78, 5) is 25.0. The molecule has 1 aromatic heterocycles. The number of hydrogen-bond donors (Lipinski definition) is 1. The largest absolute Gasteiger partial charge is 0.550 e. The van der Waals surface area contributed by atoms with Crippen LogP contribution in [-0.2, 0) is 4.79 Å². The summed E-state index contributed by atoms with van der Waals surface area (Å²) in [5.41, 5.74) is 1.41. The molecule has 2 rings (SSSR count). The molecule has 16 heavy (non-hydrogen) atoms. The number of Topliss-reactive ketones (excluding diaryl/α,β-unsaturated/α-hetero) is 1. The normalized spacial score (nSPS) is 10.5. The number of carbonyl (C=O) groups excluding carboxylic acids is 2. The molecule has 0 amide bonds. The Hall–Kier alpha value is -2.10. The summed E-state index contributed by atoms with van der Waals surface area (Å²) in [6, 6.07) is 7.41. The molecular weight excluding hydrogens is 206 g/mol. The molecule has 4 heteroatoms. The molecule has 82 valence electrons. The van der Waals surface area contributed by atoms with Crippen LogP contribution in [0.2, 0.25) is 0 Å². The Bertz CT molecular complexity index is 542. The quantitative estimate of drug-likeness (QED) is 0.771. The van der Waals surface area contributed by atoms with E-state index < -0.39 is 5.97 Å². The molecule has 0 radical (unpaired) electrons. The number of rotatable bonds is 4. The molecule has 1 heterocycles. The van der Waals surface area contributed by atoms with E-state index >= 15 is 0 Å². The second-order valence-corrected chi connectivity index (χ2v) is 3.54. The number of aromatic nitrogens is 1. The van der Waals surface area contributed by atoms with Crippen molar-refractivity contribution in [1.29, 1.82) is 0 Å². The number of carbonyl (C=O) groups is 2. The fraction of sp³-hybridized carbons (Fsp3) is 0.167. The number of benzene rings is 1. The summed E-state index contributed by atoms with van der Waals surface area (Å²) in [5.74, 6) is -1.38. The molecule has 0 aliphatic rings. The minimum Gasteiger partial charge on any atom is -0.550 e. The van der Waals surface area contributed by atoms with Gasteiger partial charge in [0.25, 0.3) is 0 Å². The van der Waals surface area contributed by atoms with Crippen LogP contribution in [-0.4, -0.2) is 16.7 Å². The van der Waals surface area contributed by atoms with Crippen molar-refractivity contribution in [3.8, 4) is 0 Å². The van der Waals surface area contributed by atoms with Crippen LogP contribution in [0, 0.1) is 0 Å². The van der Waals surface area contributed by atoms with E-state index in [1.165, 1.54) is 0 Å². The SMILES string of the molecule is O=C([O-])CCC(=O)c1c[nH]c2ccccc12. The van der Waals surface area contributed by atoms with Crippen LogP contribution in [0.25, 0.3) is 10.9 Å². The topological polar surface area (TPSA) is 73.0 Å². The van der Waals surface area contributed by atoms with Gasteiger partial charge in [0.05, 0.1) is 0 Å². The highest BCUT2D eigenvalue weighted by atomic mass is 16.4. The molecule has 0 unspecified atom stereocenters. The van der Waals surface area contributed by atoms with Crippen molar-refractivity contribution < 1.29 is 14.7 Å².